The van der Waals surface area contributed by atoms with Gasteiger partial charge in [0.05, 0.1) is 16.7 Å². The molecule has 18 heavy (non-hydrogen) atoms. The quantitative estimate of drug-likeness (QED) is 0.768. The van der Waals surface area contributed by atoms with Crippen molar-refractivity contribution in [2.75, 3.05) is 0 Å². The summed E-state index contributed by atoms with van der Waals surface area (Å²) in [7, 11) is 0. The zero-order chi connectivity index (χ0) is 12.7. The molecule has 0 saturated heterocycles. The lowest BCUT2D eigenvalue weighted by Gasteiger charge is -1.99. The Morgan fingerprint density at radius 2 is 2.17 bits per heavy atom. The molecule has 0 amide bonds. The molecule has 1 N–H and O–H groups in total. The first-order chi connectivity index (χ1) is 8.67. The highest BCUT2D eigenvalue weighted by atomic mass is 35.5. The molecular formula is C13H13ClN4. The van der Waals surface area contributed by atoms with Crippen LogP contribution in [0.5, 0.6) is 0 Å². The van der Waals surface area contributed by atoms with Gasteiger partial charge in [0.15, 0.2) is 5.82 Å². The highest BCUT2D eigenvalue weighted by molar-refractivity contribution is 6.31. The highest BCUT2D eigenvalue weighted by Crippen LogP contribution is 2.23. The van der Waals surface area contributed by atoms with Crippen LogP contribution in [0.1, 0.15) is 12.6 Å². The molecule has 0 radical (unpaired) electrons. The lowest BCUT2D eigenvalue weighted by Crippen LogP contribution is -1.99. The third-order valence-electron chi connectivity index (χ3n) is 2.89. The standard InChI is InChI=1S/C13H13ClN4/c1-3-18-12(6-8(2)17-18)13-15-10-5-4-9(14)7-11(10)16-13/h4-7H,3H2,1-2H3,(H,15,16). The second kappa shape index (κ2) is 4.14. The maximum absolute atomic E-state index is 5.97. The van der Waals surface area contributed by atoms with Crippen molar-refractivity contribution in [1.29, 1.82) is 0 Å². The molecule has 1 aromatic carbocycles. The van der Waals surface area contributed by atoms with E-state index in [0.29, 0.717) is 5.02 Å². The lowest BCUT2D eigenvalue weighted by atomic mass is 10.3. The minimum Gasteiger partial charge on any atom is -0.337 e. The Hall–Kier alpha value is -1.81. The Labute approximate surface area is 110 Å². The average molecular weight is 261 g/mol. The second-order valence-corrected chi connectivity index (χ2v) is 4.67. The van der Waals surface area contributed by atoms with Crippen LogP contribution >= 0.6 is 11.6 Å². The van der Waals surface area contributed by atoms with Crippen molar-refractivity contribution in [2.45, 2.75) is 20.4 Å². The molecule has 92 valence electrons. The number of aromatic amines is 1. The van der Waals surface area contributed by atoms with Gasteiger partial charge in [-0.1, -0.05) is 11.6 Å². The van der Waals surface area contributed by atoms with Crippen LogP contribution < -0.4 is 0 Å². The summed E-state index contributed by atoms with van der Waals surface area (Å²) < 4.78 is 1.94. The van der Waals surface area contributed by atoms with Crippen molar-refractivity contribution < 1.29 is 0 Å². The van der Waals surface area contributed by atoms with E-state index in [2.05, 4.69) is 22.0 Å². The molecule has 0 aliphatic rings. The lowest BCUT2D eigenvalue weighted by molar-refractivity contribution is 0.658. The van der Waals surface area contributed by atoms with Gasteiger partial charge in [-0.3, -0.25) is 4.68 Å². The molecule has 0 aliphatic heterocycles. The summed E-state index contributed by atoms with van der Waals surface area (Å²) in [5, 5.41) is 5.13. The SMILES string of the molecule is CCn1nc(C)cc1-c1nc2ccc(Cl)cc2[nH]1. The van der Waals surface area contributed by atoms with Gasteiger partial charge in [-0.2, -0.15) is 5.10 Å². The summed E-state index contributed by atoms with van der Waals surface area (Å²) >= 11 is 5.97. The smallest absolute Gasteiger partial charge is 0.156 e. The number of nitrogens with zero attached hydrogens (tertiary/aromatic N) is 3. The molecule has 3 aromatic rings. The normalized spacial score (nSPS) is 11.3. The van der Waals surface area contributed by atoms with Crippen molar-refractivity contribution in [1.82, 2.24) is 19.7 Å². The van der Waals surface area contributed by atoms with Crippen LogP contribution in [0, 0.1) is 6.92 Å². The Morgan fingerprint density at radius 3 is 2.94 bits per heavy atom. The average Bonchev–Trinajstić information content (AvgIpc) is 2.91. The minimum atomic E-state index is 0.706. The summed E-state index contributed by atoms with van der Waals surface area (Å²) in [6.45, 7) is 4.87. The predicted octanol–water partition coefficient (Wildman–Crippen LogP) is 3.41. The van der Waals surface area contributed by atoms with Gasteiger partial charge in [0.1, 0.15) is 5.69 Å². The number of H-pyrrole nitrogens is 1. The summed E-state index contributed by atoms with van der Waals surface area (Å²) in [6.07, 6.45) is 0. The molecule has 3 rings (SSSR count). The van der Waals surface area contributed by atoms with Gasteiger partial charge in [0.2, 0.25) is 0 Å². The summed E-state index contributed by atoms with van der Waals surface area (Å²) in [4.78, 5) is 7.86. The van der Waals surface area contributed by atoms with Crippen LogP contribution in [0.25, 0.3) is 22.6 Å². The second-order valence-electron chi connectivity index (χ2n) is 4.23. The number of fused-ring (bicyclic) bond motifs is 1. The van der Waals surface area contributed by atoms with Crippen LogP contribution in [0.15, 0.2) is 24.3 Å². The molecule has 5 heteroatoms. The predicted molar refractivity (Wildman–Crippen MR) is 72.7 cm³/mol. The zero-order valence-corrected chi connectivity index (χ0v) is 11.0. The van der Waals surface area contributed by atoms with E-state index in [1.165, 1.54) is 0 Å². The molecular weight excluding hydrogens is 248 g/mol. The van der Waals surface area contributed by atoms with Crippen LogP contribution in [-0.2, 0) is 6.54 Å². The fraction of sp³-hybridized carbons (Fsp3) is 0.231. The third kappa shape index (κ3) is 1.78. The Morgan fingerprint density at radius 1 is 1.33 bits per heavy atom. The van der Waals surface area contributed by atoms with Gasteiger partial charge in [0, 0.05) is 11.6 Å². The van der Waals surface area contributed by atoms with E-state index in [9.17, 15) is 0 Å². The maximum Gasteiger partial charge on any atom is 0.156 e. The number of imidazole rings is 1. The number of aryl methyl sites for hydroxylation is 2. The van der Waals surface area contributed by atoms with E-state index in [4.69, 9.17) is 11.6 Å². The fourth-order valence-corrected chi connectivity index (χ4v) is 2.25. The number of hydrogen-bond donors (Lipinski definition) is 1. The number of benzene rings is 1. The highest BCUT2D eigenvalue weighted by Gasteiger charge is 2.11. The third-order valence-corrected chi connectivity index (χ3v) is 3.12. The molecule has 2 aromatic heterocycles. The first-order valence-electron chi connectivity index (χ1n) is 5.87. The molecule has 0 atom stereocenters. The first-order valence-corrected chi connectivity index (χ1v) is 6.25. The first kappa shape index (κ1) is 11.3. The molecule has 0 aliphatic carbocycles. The van der Waals surface area contributed by atoms with Crippen LogP contribution in [0.4, 0.5) is 0 Å². The fourth-order valence-electron chi connectivity index (χ4n) is 2.08. The van der Waals surface area contributed by atoms with Crippen LogP contribution in [-0.4, -0.2) is 19.7 Å². The monoisotopic (exact) mass is 260 g/mol. The van der Waals surface area contributed by atoms with Crippen molar-refractivity contribution in [2.24, 2.45) is 0 Å². The number of hydrogen-bond acceptors (Lipinski definition) is 2. The summed E-state index contributed by atoms with van der Waals surface area (Å²) in [6, 6.07) is 7.67. The molecule has 0 fully saturated rings. The zero-order valence-electron chi connectivity index (χ0n) is 10.2. The van der Waals surface area contributed by atoms with Gasteiger partial charge in [-0.15, -0.1) is 0 Å². The number of halogens is 1. The van der Waals surface area contributed by atoms with Crippen LogP contribution in [0.3, 0.4) is 0 Å². The number of nitrogens with one attached hydrogen (secondary N) is 1. The van der Waals surface area contributed by atoms with E-state index in [-0.39, 0.29) is 0 Å². The van der Waals surface area contributed by atoms with E-state index >= 15 is 0 Å². The van der Waals surface area contributed by atoms with Gasteiger partial charge in [0.25, 0.3) is 0 Å². The van der Waals surface area contributed by atoms with E-state index in [1.807, 2.05) is 35.9 Å². The summed E-state index contributed by atoms with van der Waals surface area (Å²) in [5.41, 5.74) is 3.85. The Kier molecular flexibility index (Phi) is 2.59. The van der Waals surface area contributed by atoms with E-state index in [1.54, 1.807) is 0 Å². The summed E-state index contributed by atoms with van der Waals surface area (Å²) in [5.74, 6) is 0.828. The molecule has 0 unspecified atom stereocenters. The molecule has 0 bridgehead atoms. The van der Waals surface area contributed by atoms with Crippen LogP contribution in [0.2, 0.25) is 5.02 Å². The van der Waals surface area contributed by atoms with Gasteiger partial charge in [-0.05, 0) is 38.1 Å². The van der Waals surface area contributed by atoms with Gasteiger partial charge in [-0.25, -0.2) is 4.98 Å². The van der Waals surface area contributed by atoms with Gasteiger partial charge < -0.3 is 4.98 Å². The van der Waals surface area contributed by atoms with Crippen molar-refractivity contribution in [3.8, 4) is 11.5 Å². The molecule has 4 nitrogen and oxygen atoms in total. The maximum atomic E-state index is 5.97. The minimum absolute atomic E-state index is 0.706. The largest absolute Gasteiger partial charge is 0.337 e. The number of rotatable bonds is 2. The van der Waals surface area contributed by atoms with Crippen molar-refractivity contribution >= 4 is 22.6 Å². The van der Waals surface area contributed by atoms with Crippen molar-refractivity contribution in [3.63, 3.8) is 0 Å². The van der Waals surface area contributed by atoms with E-state index < -0.39 is 0 Å². The molecule has 0 spiro atoms. The van der Waals surface area contributed by atoms with E-state index in [0.717, 1.165) is 34.8 Å². The number of aromatic nitrogens is 4. The molecule has 0 saturated carbocycles. The Bertz CT molecular complexity index is 711. The Balaban J connectivity index is 2.18. The van der Waals surface area contributed by atoms with Gasteiger partial charge >= 0.3 is 0 Å². The topological polar surface area (TPSA) is 46.5 Å². The van der Waals surface area contributed by atoms with Crippen molar-refractivity contribution in [3.05, 3.63) is 35.0 Å². The molecule has 2 heterocycles.